The number of ketones is 1. The molecule has 8 heteroatoms. The van der Waals surface area contributed by atoms with E-state index in [-0.39, 0.29) is 11.3 Å². The van der Waals surface area contributed by atoms with Crippen molar-refractivity contribution in [2.24, 2.45) is 0 Å². The van der Waals surface area contributed by atoms with E-state index in [2.05, 4.69) is 5.10 Å². The Hall–Kier alpha value is -3.03. The summed E-state index contributed by atoms with van der Waals surface area (Å²) in [4.78, 5) is 32.4. The number of hydrogen-bond acceptors (Lipinski definition) is 5. The fourth-order valence-corrected chi connectivity index (χ4v) is 1.89. The zero-order valence-electron chi connectivity index (χ0n) is 11.0. The van der Waals surface area contributed by atoms with Crippen LogP contribution in [0.1, 0.15) is 22.5 Å². The average molecular weight is 289 g/mol. The molecule has 1 N–H and O–H groups in total. The molecule has 0 atom stereocenters. The van der Waals surface area contributed by atoms with E-state index in [1.807, 2.05) is 0 Å². The third-order valence-electron chi connectivity index (χ3n) is 2.93. The van der Waals surface area contributed by atoms with Crippen molar-refractivity contribution in [1.82, 2.24) is 9.78 Å². The Kier molecular flexibility index (Phi) is 3.79. The molecule has 0 aliphatic heterocycles. The summed E-state index contributed by atoms with van der Waals surface area (Å²) >= 11 is 0. The van der Waals surface area contributed by atoms with Gasteiger partial charge in [-0.1, -0.05) is 0 Å². The van der Waals surface area contributed by atoms with E-state index < -0.39 is 23.1 Å². The third kappa shape index (κ3) is 2.94. The van der Waals surface area contributed by atoms with Crippen LogP contribution in [0.5, 0.6) is 0 Å². The van der Waals surface area contributed by atoms with Crippen LogP contribution in [-0.2, 0) is 4.79 Å². The van der Waals surface area contributed by atoms with Gasteiger partial charge in [-0.2, -0.15) is 5.10 Å². The summed E-state index contributed by atoms with van der Waals surface area (Å²) in [7, 11) is 0. The fourth-order valence-electron chi connectivity index (χ4n) is 1.89. The molecule has 0 aliphatic rings. The van der Waals surface area contributed by atoms with Crippen molar-refractivity contribution in [3.63, 3.8) is 0 Å². The monoisotopic (exact) mass is 289 g/mol. The predicted molar refractivity (Wildman–Crippen MR) is 71.5 cm³/mol. The van der Waals surface area contributed by atoms with Gasteiger partial charge in [0, 0.05) is 12.1 Å². The molecule has 1 aromatic carbocycles. The molecule has 0 unspecified atom stereocenters. The number of benzene rings is 1. The molecule has 8 nitrogen and oxygen atoms in total. The molecule has 21 heavy (non-hydrogen) atoms. The largest absolute Gasteiger partial charge is 0.481 e. The van der Waals surface area contributed by atoms with Gasteiger partial charge in [0.15, 0.2) is 5.78 Å². The number of aromatic nitrogens is 2. The van der Waals surface area contributed by atoms with Gasteiger partial charge in [0.05, 0.1) is 28.1 Å². The molecule has 0 aliphatic carbocycles. The van der Waals surface area contributed by atoms with Crippen molar-refractivity contribution < 1.29 is 19.6 Å². The molecule has 0 radical (unpaired) electrons. The van der Waals surface area contributed by atoms with Crippen LogP contribution < -0.4 is 0 Å². The minimum absolute atomic E-state index is 0.0502. The first-order chi connectivity index (χ1) is 9.90. The summed E-state index contributed by atoms with van der Waals surface area (Å²) in [5.74, 6) is -1.74. The number of nitro benzene ring substituents is 1. The SMILES string of the molecule is Cc1c(C(=O)CC(=O)O)cnn1-c1ccc([N+](=O)[O-])cc1. The molecule has 0 spiro atoms. The van der Waals surface area contributed by atoms with Crippen molar-refractivity contribution in [3.8, 4) is 5.69 Å². The zero-order valence-corrected chi connectivity index (χ0v) is 11.0. The van der Waals surface area contributed by atoms with Gasteiger partial charge in [-0.3, -0.25) is 19.7 Å². The molecule has 0 saturated heterocycles. The summed E-state index contributed by atoms with van der Waals surface area (Å²) in [6.45, 7) is 1.63. The molecule has 2 aromatic rings. The number of non-ortho nitro benzene ring substituents is 1. The summed E-state index contributed by atoms with van der Waals surface area (Å²) in [5.41, 5.74) is 1.20. The number of carboxylic acids is 1. The first-order valence-electron chi connectivity index (χ1n) is 5.94. The van der Waals surface area contributed by atoms with Crippen molar-refractivity contribution in [3.05, 3.63) is 51.8 Å². The van der Waals surface area contributed by atoms with E-state index in [4.69, 9.17) is 5.11 Å². The topological polar surface area (TPSA) is 115 Å². The van der Waals surface area contributed by atoms with Crippen LogP contribution in [0.4, 0.5) is 5.69 Å². The Morgan fingerprint density at radius 2 is 1.95 bits per heavy atom. The van der Waals surface area contributed by atoms with E-state index in [9.17, 15) is 19.7 Å². The van der Waals surface area contributed by atoms with Gasteiger partial charge in [-0.05, 0) is 19.1 Å². The maximum absolute atomic E-state index is 11.7. The molecule has 0 fully saturated rings. The van der Waals surface area contributed by atoms with E-state index >= 15 is 0 Å². The van der Waals surface area contributed by atoms with Crippen LogP contribution in [-0.4, -0.2) is 31.6 Å². The second kappa shape index (κ2) is 5.53. The number of carbonyl (C=O) groups is 2. The Labute approximate surface area is 118 Å². The predicted octanol–water partition coefficient (Wildman–Crippen LogP) is 1.75. The molecule has 2 rings (SSSR count). The number of carboxylic acid groups (broad SMARTS) is 1. The van der Waals surface area contributed by atoms with Gasteiger partial charge in [0.1, 0.15) is 6.42 Å². The second-order valence-corrected chi connectivity index (χ2v) is 4.32. The van der Waals surface area contributed by atoms with Crippen LogP contribution in [0.15, 0.2) is 30.5 Å². The van der Waals surface area contributed by atoms with Gasteiger partial charge in [0.2, 0.25) is 0 Å². The van der Waals surface area contributed by atoms with Crippen LogP contribution in [0.3, 0.4) is 0 Å². The summed E-state index contributed by atoms with van der Waals surface area (Å²) < 4.78 is 1.43. The van der Waals surface area contributed by atoms with Crippen LogP contribution in [0, 0.1) is 17.0 Å². The minimum Gasteiger partial charge on any atom is -0.481 e. The van der Waals surface area contributed by atoms with Gasteiger partial charge < -0.3 is 5.11 Å². The van der Waals surface area contributed by atoms with Gasteiger partial charge in [0.25, 0.3) is 5.69 Å². The van der Waals surface area contributed by atoms with Crippen molar-refractivity contribution >= 4 is 17.4 Å². The molecule has 0 amide bonds. The lowest BCUT2D eigenvalue weighted by atomic mass is 10.1. The van der Waals surface area contributed by atoms with E-state index in [1.165, 1.54) is 35.1 Å². The number of hydrogen-bond donors (Lipinski definition) is 1. The summed E-state index contributed by atoms with van der Waals surface area (Å²) in [5, 5.41) is 23.2. The highest BCUT2D eigenvalue weighted by atomic mass is 16.6. The minimum atomic E-state index is -1.21. The highest BCUT2D eigenvalue weighted by Gasteiger charge is 2.17. The molecule has 0 saturated carbocycles. The van der Waals surface area contributed by atoms with Crippen LogP contribution in [0.25, 0.3) is 5.69 Å². The fraction of sp³-hybridized carbons (Fsp3) is 0.154. The maximum Gasteiger partial charge on any atom is 0.311 e. The molecular formula is C13H11N3O5. The normalized spacial score (nSPS) is 10.3. The Morgan fingerprint density at radius 3 is 2.48 bits per heavy atom. The maximum atomic E-state index is 11.7. The van der Waals surface area contributed by atoms with Crippen molar-refractivity contribution in [1.29, 1.82) is 0 Å². The lowest BCUT2D eigenvalue weighted by Gasteiger charge is -2.04. The highest BCUT2D eigenvalue weighted by molar-refractivity contribution is 6.06. The van der Waals surface area contributed by atoms with Crippen molar-refractivity contribution in [2.75, 3.05) is 0 Å². The zero-order chi connectivity index (χ0) is 15.6. The lowest BCUT2D eigenvalue weighted by Crippen LogP contribution is -2.08. The highest BCUT2D eigenvalue weighted by Crippen LogP contribution is 2.18. The van der Waals surface area contributed by atoms with Gasteiger partial charge in [-0.15, -0.1) is 0 Å². The van der Waals surface area contributed by atoms with Gasteiger partial charge >= 0.3 is 5.97 Å². The number of rotatable bonds is 5. The summed E-state index contributed by atoms with van der Waals surface area (Å²) in [6.07, 6.45) is 0.689. The molecule has 0 bridgehead atoms. The van der Waals surface area contributed by atoms with E-state index in [1.54, 1.807) is 6.92 Å². The smallest absolute Gasteiger partial charge is 0.311 e. The van der Waals surface area contributed by atoms with Crippen LogP contribution >= 0.6 is 0 Å². The Bertz CT molecular complexity index is 718. The number of nitro groups is 1. The van der Waals surface area contributed by atoms with E-state index in [0.717, 1.165) is 0 Å². The lowest BCUT2D eigenvalue weighted by molar-refractivity contribution is -0.384. The molecule has 1 aromatic heterocycles. The average Bonchev–Trinajstić information content (AvgIpc) is 2.80. The first kappa shape index (κ1) is 14.4. The number of Topliss-reactive ketones (excluding diaryl/α,β-unsaturated/α-hetero) is 1. The summed E-state index contributed by atoms with van der Waals surface area (Å²) in [6, 6.07) is 5.66. The number of carbonyl (C=O) groups excluding carboxylic acids is 1. The quantitative estimate of drug-likeness (QED) is 0.388. The molecule has 108 valence electrons. The third-order valence-corrected chi connectivity index (χ3v) is 2.93. The Morgan fingerprint density at radius 1 is 1.33 bits per heavy atom. The standard InChI is InChI=1S/C13H11N3O5/c1-8-11(12(17)6-13(18)19)7-14-15(8)9-2-4-10(5-3-9)16(20)21/h2-5,7H,6H2,1H3,(H,18,19). The Balaban J connectivity index is 2.33. The van der Waals surface area contributed by atoms with Crippen LogP contribution in [0.2, 0.25) is 0 Å². The first-order valence-corrected chi connectivity index (χ1v) is 5.94. The van der Waals surface area contributed by atoms with Crippen molar-refractivity contribution in [2.45, 2.75) is 13.3 Å². The molecular weight excluding hydrogens is 278 g/mol. The second-order valence-electron chi connectivity index (χ2n) is 4.32. The van der Waals surface area contributed by atoms with E-state index in [0.29, 0.717) is 11.4 Å². The van der Waals surface area contributed by atoms with Gasteiger partial charge in [-0.25, -0.2) is 4.68 Å². The number of nitrogens with zero attached hydrogens (tertiary/aromatic N) is 3. The molecule has 1 heterocycles. The number of aliphatic carboxylic acids is 1.